The summed E-state index contributed by atoms with van der Waals surface area (Å²) >= 11 is 0. The molecule has 180 valence electrons. The van der Waals surface area contributed by atoms with Crippen LogP contribution in [0.15, 0.2) is 64.6 Å². The number of sulfone groups is 1. The number of benzene rings is 1. The highest BCUT2D eigenvalue weighted by molar-refractivity contribution is 7.91. The van der Waals surface area contributed by atoms with Gasteiger partial charge in [-0.2, -0.15) is 0 Å². The summed E-state index contributed by atoms with van der Waals surface area (Å²) in [6.07, 6.45) is 9.92. The maximum absolute atomic E-state index is 13.6. The van der Waals surface area contributed by atoms with Crippen LogP contribution < -0.4 is 4.74 Å². The number of aryl methyl sites for hydroxylation is 1. The Balaban J connectivity index is 1.84. The number of aromatic nitrogens is 1. The van der Waals surface area contributed by atoms with Gasteiger partial charge in [0.25, 0.3) is 0 Å². The van der Waals surface area contributed by atoms with E-state index in [0.717, 1.165) is 50.8 Å². The van der Waals surface area contributed by atoms with Gasteiger partial charge >= 0.3 is 0 Å². The summed E-state index contributed by atoms with van der Waals surface area (Å²) in [6.45, 7) is 10.6. The third kappa shape index (κ3) is 5.79. The van der Waals surface area contributed by atoms with Crippen LogP contribution in [0.1, 0.15) is 65.4 Å². The van der Waals surface area contributed by atoms with Gasteiger partial charge < -0.3 is 9.14 Å². The highest BCUT2D eigenvalue weighted by Gasteiger charge is 2.25. The van der Waals surface area contributed by atoms with Crippen molar-refractivity contribution in [2.75, 3.05) is 13.1 Å². The van der Waals surface area contributed by atoms with E-state index in [1.807, 2.05) is 41.9 Å². The number of unbranched alkanes of at least 4 members (excludes halogenated alkanes) is 2. The van der Waals surface area contributed by atoms with Gasteiger partial charge in [-0.15, -0.1) is 0 Å². The molecule has 0 aliphatic rings. The number of nitrogens with zero attached hydrogens (tertiary/aromatic N) is 2. The van der Waals surface area contributed by atoms with Crippen molar-refractivity contribution in [1.29, 1.82) is 0 Å². The number of hydrogen-bond donors (Lipinski definition) is 0. The van der Waals surface area contributed by atoms with Crippen molar-refractivity contribution in [3.05, 3.63) is 60.4 Å². The second-order valence-corrected chi connectivity index (χ2v) is 10.4. The first kappa shape index (κ1) is 25.3. The summed E-state index contributed by atoms with van der Waals surface area (Å²) in [6, 6.07) is 12.6. The zero-order chi connectivity index (χ0) is 23.8. The molecule has 0 radical (unpaired) electrons. The molecule has 3 aromatic rings. The lowest BCUT2D eigenvalue weighted by molar-refractivity contribution is 0.0202. The smallest absolute Gasteiger partial charge is 0.208 e. The van der Waals surface area contributed by atoms with Crippen molar-refractivity contribution < 1.29 is 13.2 Å². The minimum Gasteiger partial charge on any atom is -0.475 e. The number of hydrogen-bond acceptors (Lipinski definition) is 4. The average molecular weight is 471 g/mol. The predicted molar refractivity (Wildman–Crippen MR) is 135 cm³/mol. The van der Waals surface area contributed by atoms with Gasteiger partial charge in [-0.05, 0) is 67.6 Å². The summed E-state index contributed by atoms with van der Waals surface area (Å²) in [4.78, 5) is 3.11. The molecule has 1 unspecified atom stereocenters. The van der Waals surface area contributed by atoms with Gasteiger partial charge in [-0.25, -0.2) is 8.42 Å². The molecule has 2 aromatic heterocycles. The molecule has 33 heavy (non-hydrogen) atoms. The summed E-state index contributed by atoms with van der Waals surface area (Å²) in [7, 11) is -3.64. The van der Waals surface area contributed by atoms with Crippen LogP contribution in [0.5, 0.6) is 5.75 Å². The largest absolute Gasteiger partial charge is 0.475 e. The fourth-order valence-electron chi connectivity index (χ4n) is 4.22. The molecule has 0 aliphatic carbocycles. The van der Waals surface area contributed by atoms with Crippen LogP contribution in [0.3, 0.4) is 0 Å². The third-order valence-corrected chi connectivity index (χ3v) is 8.02. The van der Waals surface area contributed by atoms with Gasteiger partial charge in [-0.3, -0.25) is 4.90 Å². The second kappa shape index (κ2) is 11.7. The molecule has 1 aromatic carbocycles. The minimum absolute atomic E-state index is 0.00679. The SMILES string of the molecule is CCCCN(CCCC)C(CC)Oc1ccc(S(=O)(=O)c2c(CC)cn3ccccc23)cc1. The fourth-order valence-corrected chi connectivity index (χ4v) is 5.95. The number of fused-ring (bicyclic) bond motifs is 1. The van der Waals surface area contributed by atoms with E-state index in [2.05, 4.69) is 25.7 Å². The lowest BCUT2D eigenvalue weighted by Crippen LogP contribution is -2.40. The quantitative estimate of drug-likeness (QED) is 0.273. The van der Waals surface area contributed by atoms with Crippen molar-refractivity contribution in [1.82, 2.24) is 9.30 Å². The molecule has 3 rings (SSSR count). The van der Waals surface area contributed by atoms with Crippen LogP contribution >= 0.6 is 0 Å². The summed E-state index contributed by atoms with van der Waals surface area (Å²) in [5, 5.41) is 0. The third-order valence-electron chi connectivity index (χ3n) is 6.12. The Morgan fingerprint density at radius 3 is 2.18 bits per heavy atom. The first-order chi connectivity index (χ1) is 16.0. The summed E-state index contributed by atoms with van der Waals surface area (Å²) in [5.41, 5.74) is 1.54. The van der Waals surface area contributed by atoms with Gasteiger partial charge in [-0.1, -0.05) is 46.6 Å². The Bertz CT molecular complexity index is 1110. The molecular weight excluding hydrogens is 432 g/mol. The Kier molecular flexibility index (Phi) is 8.98. The van der Waals surface area contributed by atoms with Crippen LogP contribution in [-0.2, 0) is 16.3 Å². The molecule has 0 aliphatic heterocycles. The summed E-state index contributed by atoms with van der Waals surface area (Å²) in [5.74, 6) is 0.705. The molecule has 2 heterocycles. The van der Waals surface area contributed by atoms with E-state index in [-0.39, 0.29) is 6.23 Å². The Hall–Kier alpha value is -2.31. The predicted octanol–water partition coefficient (Wildman–Crippen LogP) is 6.35. The van der Waals surface area contributed by atoms with E-state index in [1.165, 1.54) is 0 Å². The first-order valence-electron chi connectivity index (χ1n) is 12.3. The van der Waals surface area contributed by atoms with Crippen LogP contribution in [0.4, 0.5) is 0 Å². The Morgan fingerprint density at radius 1 is 0.939 bits per heavy atom. The first-order valence-corrected chi connectivity index (χ1v) is 13.8. The second-order valence-electron chi connectivity index (χ2n) is 8.53. The fraction of sp³-hybridized carbons (Fsp3) is 0.481. The highest BCUT2D eigenvalue weighted by atomic mass is 32.2. The maximum atomic E-state index is 13.6. The molecule has 5 nitrogen and oxygen atoms in total. The average Bonchev–Trinajstić information content (AvgIpc) is 3.23. The van der Waals surface area contributed by atoms with E-state index >= 15 is 0 Å². The normalized spacial score (nSPS) is 13.0. The van der Waals surface area contributed by atoms with Crippen LogP contribution in [-0.4, -0.2) is 37.0 Å². The van der Waals surface area contributed by atoms with Crippen LogP contribution in [0.25, 0.3) is 5.52 Å². The van der Waals surface area contributed by atoms with Crippen molar-refractivity contribution in [2.45, 2.75) is 82.2 Å². The maximum Gasteiger partial charge on any atom is 0.208 e. The molecule has 0 spiro atoms. The topological polar surface area (TPSA) is 51.0 Å². The van der Waals surface area contributed by atoms with Crippen molar-refractivity contribution in [3.63, 3.8) is 0 Å². The Morgan fingerprint density at radius 2 is 1.61 bits per heavy atom. The van der Waals surface area contributed by atoms with Gasteiger partial charge in [0.05, 0.1) is 10.4 Å². The molecule has 0 saturated carbocycles. The van der Waals surface area contributed by atoms with E-state index in [0.29, 0.717) is 27.5 Å². The van der Waals surface area contributed by atoms with Crippen LogP contribution in [0, 0.1) is 0 Å². The zero-order valence-corrected chi connectivity index (χ0v) is 21.3. The summed E-state index contributed by atoms with van der Waals surface area (Å²) < 4.78 is 35.3. The van der Waals surface area contributed by atoms with Crippen molar-refractivity contribution in [3.8, 4) is 5.75 Å². The van der Waals surface area contributed by atoms with Gasteiger partial charge in [0.2, 0.25) is 9.84 Å². The molecule has 0 saturated heterocycles. The number of rotatable bonds is 13. The molecule has 0 bridgehead atoms. The van der Waals surface area contributed by atoms with E-state index in [9.17, 15) is 8.42 Å². The van der Waals surface area contributed by atoms with Crippen LogP contribution in [0.2, 0.25) is 0 Å². The lowest BCUT2D eigenvalue weighted by Gasteiger charge is -2.31. The van der Waals surface area contributed by atoms with E-state index in [1.54, 1.807) is 24.3 Å². The Labute approximate surface area is 199 Å². The van der Waals surface area contributed by atoms with Crippen molar-refractivity contribution in [2.24, 2.45) is 0 Å². The molecule has 6 heteroatoms. The van der Waals surface area contributed by atoms with E-state index in [4.69, 9.17) is 4.74 Å². The molecule has 0 N–H and O–H groups in total. The van der Waals surface area contributed by atoms with Gasteiger partial charge in [0.1, 0.15) is 10.6 Å². The van der Waals surface area contributed by atoms with Gasteiger partial charge in [0.15, 0.2) is 6.23 Å². The highest BCUT2D eigenvalue weighted by Crippen LogP contribution is 2.31. The monoisotopic (exact) mass is 470 g/mol. The standard InChI is InChI=1S/C27H38N2O3S/c1-5-9-18-28(19-10-6-2)26(8-4)32-23-14-16-24(17-15-23)33(30,31)27-22(7-3)21-29-20-12-11-13-25(27)29/h11-17,20-21,26H,5-10,18-19H2,1-4H3. The van der Waals surface area contributed by atoms with Gasteiger partial charge in [0, 0.05) is 25.5 Å². The molecule has 0 fully saturated rings. The van der Waals surface area contributed by atoms with Crippen molar-refractivity contribution >= 4 is 15.4 Å². The molecule has 1 atom stereocenters. The lowest BCUT2D eigenvalue weighted by atomic mass is 10.2. The zero-order valence-electron chi connectivity index (χ0n) is 20.5. The molecule has 0 amide bonds. The number of pyridine rings is 1. The van der Waals surface area contributed by atoms with E-state index < -0.39 is 9.84 Å². The number of ether oxygens (including phenoxy) is 1. The molecular formula is C27H38N2O3S. The minimum atomic E-state index is -3.64.